The lowest BCUT2D eigenvalue weighted by molar-refractivity contribution is -0.384. The highest BCUT2D eigenvalue weighted by molar-refractivity contribution is 7.89. The topological polar surface area (TPSA) is 130 Å². The molecule has 1 atom stereocenters. The highest BCUT2D eigenvalue weighted by Gasteiger charge is 2.16. The first kappa shape index (κ1) is 19.0. The number of rotatable bonds is 9. The average molecular weight is 344 g/mol. The van der Waals surface area contributed by atoms with Gasteiger partial charge in [-0.15, -0.1) is 0 Å². The van der Waals surface area contributed by atoms with Gasteiger partial charge in [0.2, 0.25) is 15.9 Å². The van der Waals surface area contributed by atoms with Crippen molar-refractivity contribution < 1.29 is 18.1 Å². The third-order valence-electron chi connectivity index (χ3n) is 3.10. The van der Waals surface area contributed by atoms with E-state index in [4.69, 9.17) is 0 Å². The van der Waals surface area contributed by atoms with E-state index in [1.54, 1.807) is 7.05 Å². The summed E-state index contributed by atoms with van der Waals surface area (Å²) in [5.74, 6) is -0.265. The first-order valence-electron chi connectivity index (χ1n) is 6.94. The number of carbonyl (C=O) groups excluding carboxylic acids is 1. The van der Waals surface area contributed by atoms with Crippen LogP contribution in [-0.4, -0.2) is 45.4 Å². The number of carbonyl (C=O) groups is 1. The first-order valence-corrected chi connectivity index (χ1v) is 8.42. The molecule has 0 aliphatic carbocycles. The number of nitro groups is 1. The fourth-order valence-electron chi connectivity index (χ4n) is 1.59. The Morgan fingerprint density at radius 1 is 1.30 bits per heavy atom. The van der Waals surface area contributed by atoms with Crippen molar-refractivity contribution in [3.63, 3.8) is 0 Å². The van der Waals surface area contributed by atoms with E-state index >= 15 is 0 Å². The van der Waals surface area contributed by atoms with Crippen molar-refractivity contribution in [1.82, 2.24) is 15.4 Å². The summed E-state index contributed by atoms with van der Waals surface area (Å²) in [7, 11) is -2.03. The van der Waals surface area contributed by atoms with Crippen LogP contribution in [0.15, 0.2) is 29.2 Å². The Bertz CT molecular complexity index is 645. The molecule has 1 amide bonds. The van der Waals surface area contributed by atoms with Crippen molar-refractivity contribution in [2.24, 2.45) is 0 Å². The molecule has 3 N–H and O–H groups in total. The van der Waals surface area contributed by atoms with Crippen molar-refractivity contribution in [3.8, 4) is 0 Å². The van der Waals surface area contributed by atoms with Crippen LogP contribution in [0.1, 0.15) is 13.3 Å². The average Bonchev–Trinajstić information content (AvgIpc) is 2.52. The van der Waals surface area contributed by atoms with Gasteiger partial charge in [0.15, 0.2) is 0 Å². The number of sulfonamides is 1. The Hall–Kier alpha value is -2.04. The molecule has 9 nitrogen and oxygen atoms in total. The van der Waals surface area contributed by atoms with Crippen LogP contribution >= 0.6 is 0 Å². The Morgan fingerprint density at radius 3 is 2.43 bits per heavy atom. The van der Waals surface area contributed by atoms with Gasteiger partial charge in [-0.3, -0.25) is 14.9 Å². The number of amides is 1. The number of hydrogen-bond acceptors (Lipinski definition) is 6. The predicted molar refractivity (Wildman–Crippen MR) is 84.4 cm³/mol. The summed E-state index contributed by atoms with van der Waals surface area (Å²) in [5, 5.41) is 16.2. The largest absolute Gasteiger partial charge is 0.355 e. The van der Waals surface area contributed by atoms with Crippen LogP contribution in [0, 0.1) is 10.1 Å². The Kier molecular flexibility index (Phi) is 7.07. The Morgan fingerprint density at radius 2 is 1.91 bits per heavy atom. The van der Waals surface area contributed by atoms with Crippen molar-refractivity contribution >= 4 is 21.6 Å². The van der Waals surface area contributed by atoms with Crippen LogP contribution in [-0.2, 0) is 14.8 Å². The first-order chi connectivity index (χ1) is 10.8. The molecule has 0 aliphatic heterocycles. The van der Waals surface area contributed by atoms with Crippen LogP contribution in [0.4, 0.5) is 5.69 Å². The third kappa shape index (κ3) is 6.30. The molecule has 0 spiro atoms. The second kappa shape index (κ2) is 8.56. The quantitative estimate of drug-likeness (QED) is 0.426. The van der Waals surface area contributed by atoms with Crippen molar-refractivity contribution in [1.29, 1.82) is 0 Å². The Labute approximate surface area is 134 Å². The van der Waals surface area contributed by atoms with Crippen LogP contribution < -0.4 is 15.4 Å². The van der Waals surface area contributed by atoms with Gasteiger partial charge in [-0.25, -0.2) is 13.1 Å². The molecule has 1 rings (SSSR count). The number of likely N-dealkylation sites (N-methyl/N-ethyl adjacent to an activating group) is 1. The molecule has 1 aromatic rings. The van der Waals surface area contributed by atoms with Gasteiger partial charge in [0.1, 0.15) is 0 Å². The molecule has 0 aliphatic rings. The number of non-ortho nitro benzene ring substituents is 1. The van der Waals surface area contributed by atoms with Gasteiger partial charge in [0.25, 0.3) is 5.69 Å². The molecule has 0 bridgehead atoms. The minimum absolute atomic E-state index is 0.00262. The monoisotopic (exact) mass is 344 g/mol. The standard InChI is InChI=1S/C13H20N4O5S/c1-10(14-2)9-15-13(18)7-8-16-23(21,22)12-5-3-11(4-6-12)17(19)20/h3-6,10,14,16H,7-9H2,1-2H3,(H,15,18). The van der Waals surface area contributed by atoms with E-state index in [0.717, 1.165) is 24.3 Å². The lowest BCUT2D eigenvalue weighted by Crippen LogP contribution is -2.38. The zero-order valence-corrected chi connectivity index (χ0v) is 13.7. The number of nitrogens with zero attached hydrogens (tertiary/aromatic N) is 1. The SMILES string of the molecule is CNC(C)CNC(=O)CCNS(=O)(=O)c1ccc([N+](=O)[O-])cc1. The highest BCUT2D eigenvalue weighted by atomic mass is 32.2. The summed E-state index contributed by atoms with van der Waals surface area (Å²) in [5.41, 5.74) is -0.193. The molecule has 0 heterocycles. The van der Waals surface area contributed by atoms with Crippen LogP contribution in [0.3, 0.4) is 0 Å². The molecular formula is C13H20N4O5S. The molecule has 10 heteroatoms. The molecule has 0 radical (unpaired) electrons. The molecular weight excluding hydrogens is 324 g/mol. The fourth-order valence-corrected chi connectivity index (χ4v) is 2.62. The number of nitro benzene ring substituents is 1. The number of hydrogen-bond donors (Lipinski definition) is 3. The lowest BCUT2D eigenvalue weighted by atomic mass is 10.3. The second-order valence-electron chi connectivity index (χ2n) is 4.89. The summed E-state index contributed by atoms with van der Waals surface area (Å²) >= 11 is 0. The van der Waals surface area contributed by atoms with Gasteiger partial charge in [-0.2, -0.15) is 0 Å². The van der Waals surface area contributed by atoms with Gasteiger partial charge in [0.05, 0.1) is 9.82 Å². The second-order valence-corrected chi connectivity index (χ2v) is 6.66. The third-order valence-corrected chi connectivity index (χ3v) is 4.58. The lowest BCUT2D eigenvalue weighted by Gasteiger charge is -2.11. The Balaban J connectivity index is 2.49. The molecule has 1 aromatic carbocycles. The van der Waals surface area contributed by atoms with Gasteiger partial charge in [-0.05, 0) is 26.1 Å². The van der Waals surface area contributed by atoms with Crippen molar-refractivity contribution in [3.05, 3.63) is 34.4 Å². The van der Waals surface area contributed by atoms with E-state index in [1.165, 1.54) is 0 Å². The van der Waals surface area contributed by atoms with Crippen LogP contribution in [0.25, 0.3) is 0 Å². The summed E-state index contributed by atoms with van der Waals surface area (Å²) in [6.07, 6.45) is 0.00262. The minimum Gasteiger partial charge on any atom is -0.355 e. The smallest absolute Gasteiger partial charge is 0.269 e. The highest BCUT2D eigenvalue weighted by Crippen LogP contribution is 2.15. The van der Waals surface area contributed by atoms with E-state index in [-0.39, 0.29) is 35.5 Å². The summed E-state index contributed by atoms with van der Waals surface area (Å²) in [6, 6.07) is 4.64. The van der Waals surface area contributed by atoms with Crippen molar-refractivity contribution in [2.45, 2.75) is 24.3 Å². The molecule has 23 heavy (non-hydrogen) atoms. The molecule has 0 saturated carbocycles. The van der Waals surface area contributed by atoms with Gasteiger partial charge < -0.3 is 10.6 Å². The van der Waals surface area contributed by atoms with Crippen LogP contribution in [0.2, 0.25) is 0 Å². The van der Waals surface area contributed by atoms with E-state index in [1.807, 2.05) is 6.92 Å². The normalized spacial score (nSPS) is 12.6. The van der Waals surface area contributed by atoms with Gasteiger partial charge in [-0.1, -0.05) is 0 Å². The van der Waals surface area contributed by atoms with E-state index in [9.17, 15) is 23.3 Å². The predicted octanol–water partition coefficient (Wildman–Crippen LogP) is -0.0127. The number of benzene rings is 1. The molecule has 0 fully saturated rings. The number of nitrogens with one attached hydrogen (secondary N) is 3. The maximum absolute atomic E-state index is 12.0. The summed E-state index contributed by atoms with van der Waals surface area (Å²) < 4.78 is 26.3. The maximum Gasteiger partial charge on any atom is 0.269 e. The summed E-state index contributed by atoms with van der Waals surface area (Å²) in [4.78, 5) is 21.4. The van der Waals surface area contributed by atoms with E-state index < -0.39 is 14.9 Å². The van der Waals surface area contributed by atoms with Crippen LogP contribution in [0.5, 0.6) is 0 Å². The maximum atomic E-state index is 12.0. The molecule has 0 aromatic heterocycles. The molecule has 128 valence electrons. The van der Waals surface area contributed by atoms with Gasteiger partial charge in [0, 0.05) is 37.7 Å². The zero-order valence-electron chi connectivity index (χ0n) is 12.9. The minimum atomic E-state index is -3.80. The molecule has 1 unspecified atom stereocenters. The van der Waals surface area contributed by atoms with E-state index in [2.05, 4.69) is 15.4 Å². The zero-order chi connectivity index (χ0) is 17.5. The molecule has 0 saturated heterocycles. The van der Waals surface area contributed by atoms with Gasteiger partial charge >= 0.3 is 0 Å². The van der Waals surface area contributed by atoms with Crippen molar-refractivity contribution in [2.75, 3.05) is 20.1 Å². The fraction of sp³-hybridized carbons (Fsp3) is 0.462. The van der Waals surface area contributed by atoms with E-state index in [0.29, 0.717) is 6.54 Å². The summed E-state index contributed by atoms with van der Waals surface area (Å²) in [6.45, 7) is 2.29.